The van der Waals surface area contributed by atoms with E-state index in [-0.39, 0.29) is 5.91 Å². The van der Waals surface area contributed by atoms with Crippen LogP contribution in [0.4, 0.5) is 4.39 Å². The third-order valence-electron chi connectivity index (χ3n) is 9.55. The number of fused-ring (bicyclic) bond motifs is 1. The molecule has 2 aromatic heterocycles. The Balaban J connectivity index is 1.31. The SMILES string of the molecule is Cc1cncc2c1c(C[C@@H]1CCN(CC3CCOCC3)C1)cn2-c1ccc(F)cc1C(=O)N1CC[C@H](O)C1(C)C. The third kappa shape index (κ3) is 5.06. The Hall–Kier alpha value is -2.81. The summed E-state index contributed by atoms with van der Waals surface area (Å²) in [5, 5.41) is 11.7. The molecule has 3 fully saturated rings. The summed E-state index contributed by atoms with van der Waals surface area (Å²) < 4.78 is 22.2. The lowest BCUT2D eigenvalue weighted by Gasteiger charge is -2.34. The lowest BCUT2D eigenvalue weighted by molar-refractivity contribution is 0.0394. The fraction of sp³-hybridized carbons (Fsp3) is 0.562. The molecule has 0 saturated carbocycles. The molecule has 0 bridgehead atoms. The largest absolute Gasteiger partial charge is 0.391 e. The van der Waals surface area contributed by atoms with E-state index < -0.39 is 17.5 Å². The number of halogens is 1. The van der Waals surface area contributed by atoms with Crippen molar-refractivity contribution in [3.8, 4) is 5.69 Å². The summed E-state index contributed by atoms with van der Waals surface area (Å²) in [7, 11) is 0. The van der Waals surface area contributed by atoms with Crippen LogP contribution in [-0.2, 0) is 11.2 Å². The molecule has 3 aliphatic rings. The predicted octanol–water partition coefficient (Wildman–Crippen LogP) is 4.75. The zero-order chi connectivity index (χ0) is 28.0. The first-order chi connectivity index (χ1) is 19.2. The van der Waals surface area contributed by atoms with Gasteiger partial charge in [-0.15, -0.1) is 0 Å². The van der Waals surface area contributed by atoms with Crippen molar-refractivity contribution in [3.63, 3.8) is 0 Å². The van der Waals surface area contributed by atoms with Crippen LogP contribution in [0.15, 0.2) is 36.8 Å². The molecule has 3 aliphatic heterocycles. The normalized spacial score (nSPS) is 23.9. The molecular weight excluding hydrogens is 507 g/mol. The van der Waals surface area contributed by atoms with Crippen LogP contribution in [0.1, 0.15) is 61.0 Å². The molecule has 6 rings (SSSR count). The fourth-order valence-corrected chi connectivity index (χ4v) is 7.12. The highest BCUT2D eigenvalue weighted by atomic mass is 19.1. The number of pyridine rings is 1. The van der Waals surface area contributed by atoms with Crippen molar-refractivity contribution in [2.45, 2.75) is 64.5 Å². The number of benzene rings is 1. The van der Waals surface area contributed by atoms with Crippen LogP contribution in [0.3, 0.4) is 0 Å². The van der Waals surface area contributed by atoms with E-state index in [9.17, 15) is 14.3 Å². The first-order valence-corrected chi connectivity index (χ1v) is 14.8. The molecule has 40 heavy (non-hydrogen) atoms. The number of aryl methyl sites for hydroxylation is 1. The van der Waals surface area contributed by atoms with E-state index in [0.29, 0.717) is 30.1 Å². The second-order valence-electron chi connectivity index (χ2n) is 12.6. The van der Waals surface area contributed by atoms with Gasteiger partial charge in [0.2, 0.25) is 0 Å². The highest BCUT2D eigenvalue weighted by molar-refractivity contribution is 6.00. The van der Waals surface area contributed by atoms with E-state index in [2.05, 4.69) is 23.0 Å². The Morgan fingerprint density at radius 2 is 1.93 bits per heavy atom. The zero-order valence-corrected chi connectivity index (χ0v) is 23.9. The number of aliphatic hydroxyl groups excluding tert-OH is 1. The van der Waals surface area contributed by atoms with Crippen molar-refractivity contribution in [2.75, 3.05) is 39.4 Å². The number of aromatic nitrogens is 2. The number of hydrogen-bond acceptors (Lipinski definition) is 5. The van der Waals surface area contributed by atoms with E-state index in [1.165, 1.54) is 24.1 Å². The molecule has 3 aromatic rings. The summed E-state index contributed by atoms with van der Waals surface area (Å²) in [5.41, 5.74) is 3.49. The molecule has 0 spiro atoms. The number of carbonyl (C=O) groups excluding carboxylic acids is 1. The maximum Gasteiger partial charge on any atom is 0.256 e. The smallest absolute Gasteiger partial charge is 0.256 e. The van der Waals surface area contributed by atoms with Gasteiger partial charge in [-0.2, -0.15) is 0 Å². The molecule has 214 valence electrons. The van der Waals surface area contributed by atoms with Gasteiger partial charge in [0.05, 0.1) is 34.6 Å². The number of ether oxygens (including phenoxy) is 1. The van der Waals surface area contributed by atoms with Crippen molar-refractivity contribution in [1.29, 1.82) is 0 Å². The molecular formula is C32H41FN4O3. The van der Waals surface area contributed by atoms with Crippen molar-refractivity contribution >= 4 is 16.8 Å². The summed E-state index contributed by atoms with van der Waals surface area (Å²) in [4.78, 5) is 22.6. The molecule has 1 aromatic carbocycles. The van der Waals surface area contributed by atoms with Crippen LogP contribution in [0.2, 0.25) is 0 Å². The minimum atomic E-state index is -0.721. The molecule has 1 amide bonds. The highest BCUT2D eigenvalue weighted by Crippen LogP contribution is 2.35. The van der Waals surface area contributed by atoms with Gasteiger partial charge in [0, 0.05) is 50.6 Å². The van der Waals surface area contributed by atoms with E-state index in [0.717, 1.165) is 74.5 Å². The van der Waals surface area contributed by atoms with Crippen LogP contribution in [0, 0.1) is 24.6 Å². The van der Waals surface area contributed by atoms with Gasteiger partial charge < -0.3 is 24.2 Å². The van der Waals surface area contributed by atoms with Crippen LogP contribution in [-0.4, -0.2) is 81.4 Å². The number of amides is 1. The van der Waals surface area contributed by atoms with Gasteiger partial charge in [-0.3, -0.25) is 9.78 Å². The minimum absolute atomic E-state index is 0.264. The van der Waals surface area contributed by atoms with Crippen molar-refractivity contribution < 1.29 is 19.0 Å². The van der Waals surface area contributed by atoms with Crippen LogP contribution >= 0.6 is 0 Å². The van der Waals surface area contributed by atoms with Gasteiger partial charge in [-0.05, 0) is 101 Å². The number of rotatable bonds is 6. The summed E-state index contributed by atoms with van der Waals surface area (Å²) in [6, 6.07) is 4.44. The minimum Gasteiger partial charge on any atom is -0.391 e. The Morgan fingerprint density at radius 3 is 2.67 bits per heavy atom. The lowest BCUT2D eigenvalue weighted by atomic mass is 9.97. The Labute approximate surface area is 235 Å². The number of aliphatic hydroxyl groups is 1. The maximum atomic E-state index is 14.6. The molecule has 5 heterocycles. The molecule has 3 saturated heterocycles. The molecule has 0 radical (unpaired) electrons. The predicted molar refractivity (Wildman–Crippen MR) is 153 cm³/mol. The van der Waals surface area contributed by atoms with E-state index in [4.69, 9.17) is 4.74 Å². The van der Waals surface area contributed by atoms with Gasteiger partial charge in [-0.25, -0.2) is 4.39 Å². The lowest BCUT2D eigenvalue weighted by Crippen LogP contribution is -2.48. The number of nitrogens with zero attached hydrogens (tertiary/aromatic N) is 4. The average molecular weight is 549 g/mol. The van der Waals surface area contributed by atoms with E-state index >= 15 is 0 Å². The summed E-state index contributed by atoms with van der Waals surface area (Å²) in [6.45, 7) is 11.4. The zero-order valence-electron chi connectivity index (χ0n) is 23.9. The second kappa shape index (κ2) is 10.9. The Bertz CT molecular complexity index is 1400. The molecule has 7 nitrogen and oxygen atoms in total. The molecule has 2 atom stereocenters. The molecule has 8 heteroatoms. The first kappa shape index (κ1) is 27.4. The van der Waals surface area contributed by atoms with Gasteiger partial charge >= 0.3 is 0 Å². The first-order valence-electron chi connectivity index (χ1n) is 14.8. The topological polar surface area (TPSA) is 70.8 Å². The van der Waals surface area contributed by atoms with Crippen molar-refractivity contribution in [2.24, 2.45) is 11.8 Å². The number of carbonyl (C=O) groups is 1. The van der Waals surface area contributed by atoms with Crippen molar-refractivity contribution in [1.82, 2.24) is 19.4 Å². The van der Waals surface area contributed by atoms with Crippen LogP contribution in [0.5, 0.6) is 0 Å². The standard InChI is InChI=1S/C32H41FN4O3/c1-21-16-34-17-28-30(21)24(14-23-6-10-35(19-23)18-22-8-12-40-13-9-22)20-36(28)27-5-4-25(33)15-26(27)31(39)37-11-7-29(38)32(37,2)3/h4-5,15-17,20,22-23,29,38H,6-14,18-19H2,1-3H3/t23-,29-/m0/s1. The summed E-state index contributed by atoms with van der Waals surface area (Å²) >= 11 is 0. The summed E-state index contributed by atoms with van der Waals surface area (Å²) in [6.07, 6.45) is 10.2. The van der Waals surface area contributed by atoms with Crippen LogP contribution < -0.4 is 0 Å². The van der Waals surface area contributed by atoms with E-state index in [1.54, 1.807) is 11.0 Å². The van der Waals surface area contributed by atoms with Gasteiger partial charge in [-0.1, -0.05) is 0 Å². The van der Waals surface area contributed by atoms with Crippen molar-refractivity contribution in [3.05, 3.63) is 59.3 Å². The number of likely N-dealkylation sites (tertiary alicyclic amines) is 2. The Kier molecular flexibility index (Phi) is 7.44. The molecule has 0 aliphatic carbocycles. The monoisotopic (exact) mass is 548 g/mol. The van der Waals surface area contributed by atoms with Gasteiger partial charge in [0.15, 0.2) is 0 Å². The summed E-state index contributed by atoms with van der Waals surface area (Å²) in [5.74, 6) is 0.581. The fourth-order valence-electron chi connectivity index (χ4n) is 7.12. The third-order valence-corrected chi connectivity index (χ3v) is 9.55. The highest BCUT2D eigenvalue weighted by Gasteiger charge is 2.43. The second-order valence-corrected chi connectivity index (χ2v) is 12.6. The van der Waals surface area contributed by atoms with Gasteiger partial charge in [0.25, 0.3) is 5.91 Å². The quantitative estimate of drug-likeness (QED) is 0.482. The Morgan fingerprint density at radius 1 is 1.12 bits per heavy atom. The number of hydrogen-bond donors (Lipinski definition) is 1. The maximum absolute atomic E-state index is 14.6. The average Bonchev–Trinajstić information content (AvgIpc) is 3.61. The molecule has 0 unspecified atom stereocenters. The van der Waals surface area contributed by atoms with Crippen LogP contribution in [0.25, 0.3) is 16.6 Å². The molecule has 1 N–H and O–H groups in total. The van der Waals surface area contributed by atoms with E-state index in [1.807, 2.05) is 30.8 Å². The van der Waals surface area contributed by atoms with Gasteiger partial charge in [0.1, 0.15) is 5.82 Å².